The summed E-state index contributed by atoms with van der Waals surface area (Å²) in [4.78, 5) is 11.1. The highest BCUT2D eigenvalue weighted by Gasteiger charge is 2.33. The van der Waals surface area contributed by atoms with E-state index >= 15 is 0 Å². The van der Waals surface area contributed by atoms with Gasteiger partial charge < -0.3 is 27.5 Å². The van der Waals surface area contributed by atoms with Crippen molar-refractivity contribution in [1.82, 2.24) is 0 Å². The topological polar surface area (TPSA) is 83.5 Å². The summed E-state index contributed by atoms with van der Waals surface area (Å²) in [5, 5.41) is 9.13. The van der Waals surface area contributed by atoms with Gasteiger partial charge in [-0.1, -0.05) is 6.92 Å². The van der Waals surface area contributed by atoms with Crippen molar-refractivity contribution in [3.05, 3.63) is 23.3 Å². The summed E-state index contributed by atoms with van der Waals surface area (Å²) in [7, 11) is -0.732. The van der Waals surface area contributed by atoms with Gasteiger partial charge in [0.25, 0.3) is 0 Å². The molecule has 1 aromatic carbocycles. The van der Waals surface area contributed by atoms with Gasteiger partial charge in [-0.2, -0.15) is 0 Å². The number of hydrogen-bond acceptors (Lipinski definition) is 6. The lowest BCUT2D eigenvalue weighted by Gasteiger charge is -2.34. The highest BCUT2D eigenvalue weighted by Crippen LogP contribution is 2.43. The van der Waals surface area contributed by atoms with Gasteiger partial charge in [0.1, 0.15) is 0 Å². The van der Waals surface area contributed by atoms with E-state index in [0.29, 0.717) is 23.7 Å². The van der Waals surface area contributed by atoms with E-state index in [0.717, 1.165) is 23.6 Å². The third-order valence-electron chi connectivity index (χ3n) is 4.63. The predicted octanol–water partition coefficient (Wildman–Crippen LogP) is 5.06. The maximum atomic E-state index is 11.1. The molecule has 182 valence electrons. The fourth-order valence-electron chi connectivity index (χ4n) is 3.26. The fourth-order valence-corrected chi connectivity index (χ4v) is 11.8. The molecule has 0 fully saturated rings. The number of carboxylic acid groups (broad SMARTS) is 1. The van der Waals surface area contributed by atoms with Gasteiger partial charge in [0, 0.05) is 11.6 Å². The summed E-state index contributed by atoms with van der Waals surface area (Å²) >= 11 is 0. The molecule has 32 heavy (non-hydrogen) atoms. The van der Waals surface area contributed by atoms with E-state index in [1.807, 2.05) is 0 Å². The molecule has 1 unspecified atom stereocenters. The van der Waals surface area contributed by atoms with Gasteiger partial charge in [-0.15, -0.1) is 0 Å². The van der Waals surface area contributed by atoms with E-state index in [1.165, 1.54) is 0 Å². The highest BCUT2D eigenvalue weighted by molar-refractivity contribution is 6.81. The van der Waals surface area contributed by atoms with Crippen molar-refractivity contribution in [2.45, 2.75) is 64.6 Å². The first-order chi connectivity index (χ1) is 14.7. The van der Waals surface area contributed by atoms with E-state index in [-0.39, 0.29) is 5.54 Å². The summed E-state index contributed by atoms with van der Waals surface area (Å²) in [5.41, 5.74) is 1.87. The molecule has 1 aromatic rings. The molecule has 1 rings (SSSR count). The van der Waals surface area contributed by atoms with Crippen LogP contribution in [-0.2, 0) is 19.4 Å². The molecule has 0 aliphatic carbocycles. The predicted molar refractivity (Wildman–Crippen MR) is 137 cm³/mol. The Bertz CT molecular complexity index is 782. The Hall–Kier alpha value is -1.60. The molecule has 0 heterocycles. The first kappa shape index (κ1) is 28.4. The molecule has 0 saturated heterocycles. The van der Waals surface area contributed by atoms with Crippen LogP contribution >= 0.6 is 0 Å². The molecule has 0 amide bonds. The molecule has 0 radical (unpaired) electrons. The molecule has 0 aromatic heterocycles. The zero-order valence-corrected chi connectivity index (χ0v) is 24.4. The van der Waals surface area contributed by atoms with Gasteiger partial charge in [-0.25, -0.2) is 4.79 Å². The van der Waals surface area contributed by atoms with Gasteiger partial charge in [-0.05, 0) is 75.4 Å². The van der Waals surface area contributed by atoms with Gasteiger partial charge in [-0.3, -0.25) is 0 Å². The molecule has 0 bridgehead atoms. The number of hydrogen-bond donors (Lipinski definition) is 1. The first-order valence-corrected chi connectivity index (χ1v) is 19.2. The summed E-state index contributed by atoms with van der Waals surface area (Å²) in [5.74, 6) is 0.523. The minimum absolute atomic E-state index is 0.266. The quantitative estimate of drug-likeness (QED) is 0.299. The van der Waals surface area contributed by atoms with E-state index < -0.39 is 31.9 Å². The van der Waals surface area contributed by atoms with Crippen LogP contribution in [0.5, 0.6) is 17.2 Å². The second-order valence-electron chi connectivity index (χ2n) is 9.73. The van der Waals surface area contributed by atoms with Crippen molar-refractivity contribution in [2.75, 3.05) is 21.3 Å². The average Bonchev–Trinajstić information content (AvgIpc) is 2.66. The standard InChI is InChI=1S/C22H40O7Si3/c1-16(30(28-31(5,6)7)29-32(8,9)10)11-13-18-17(12-14-20(23)24)15-19(25-2)22(27-4)21(18)26-3/h12,14-16,30H,11,13H2,1-10H3,(H,23,24)/b14-12+. The second kappa shape index (κ2) is 12.0. The Morgan fingerprint density at radius 2 is 1.53 bits per heavy atom. The largest absolute Gasteiger partial charge is 0.493 e. The highest BCUT2D eigenvalue weighted by atomic mass is 28.4. The molecule has 10 heteroatoms. The molecule has 0 spiro atoms. The Labute approximate surface area is 196 Å². The average molecular weight is 501 g/mol. The minimum atomic E-state index is -1.91. The van der Waals surface area contributed by atoms with E-state index in [2.05, 4.69) is 46.2 Å². The van der Waals surface area contributed by atoms with Crippen LogP contribution in [0.15, 0.2) is 12.1 Å². The maximum Gasteiger partial charge on any atom is 0.328 e. The molecule has 1 N–H and O–H groups in total. The lowest BCUT2D eigenvalue weighted by atomic mass is 9.98. The summed E-state index contributed by atoms with van der Waals surface area (Å²) < 4.78 is 29.7. The number of methoxy groups -OCH3 is 3. The van der Waals surface area contributed by atoms with Crippen LogP contribution in [0.4, 0.5) is 0 Å². The normalized spacial score (nSPS) is 13.5. The molecule has 0 saturated carbocycles. The number of carbonyl (C=O) groups is 1. The third-order valence-corrected chi connectivity index (χ3v) is 13.4. The smallest absolute Gasteiger partial charge is 0.328 e. The number of benzene rings is 1. The lowest BCUT2D eigenvalue weighted by Crippen LogP contribution is -2.45. The van der Waals surface area contributed by atoms with Gasteiger partial charge in [0.2, 0.25) is 5.75 Å². The third kappa shape index (κ3) is 9.10. The Morgan fingerprint density at radius 1 is 1.00 bits per heavy atom. The molecule has 7 nitrogen and oxygen atoms in total. The first-order valence-electron chi connectivity index (χ1n) is 10.8. The van der Waals surface area contributed by atoms with Crippen LogP contribution < -0.4 is 14.2 Å². The van der Waals surface area contributed by atoms with Crippen molar-refractivity contribution in [1.29, 1.82) is 0 Å². The zero-order valence-electron chi connectivity index (χ0n) is 21.2. The van der Waals surface area contributed by atoms with Crippen LogP contribution in [0.3, 0.4) is 0 Å². The van der Waals surface area contributed by atoms with Crippen molar-refractivity contribution >= 4 is 38.0 Å². The number of aliphatic carboxylic acids is 1. The number of rotatable bonds is 13. The summed E-state index contributed by atoms with van der Waals surface area (Å²) in [6.45, 7) is 15.4. The van der Waals surface area contributed by atoms with Crippen molar-refractivity contribution in [3.63, 3.8) is 0 Å². The van der Waals surface area contributed by atoms with Gasteiger partial charge in [0.15, 0.2) is 28.1 Å². The molecule has 0 aliphatic rings. The zero-order chi connectivity index (χ0) is 24.7. The Morgan fingerprint density at radius 3 is 1.94 bits per heavy atom. The van der Waals surface area contributed by atoms with Crippen LogP contribution in [0.25, 0.3) is 6.08 Å². The maximum absolute atomic E-state index is 11.1. The summed E-state index contributed by atoms with van der Waals surface area (Å²) in [6.07, 6.45) is 4.18. The van der Waals surface area contributed by atoms with E-state index in [4.69, 9.17) is 27.5 Å². The second-order valence-corrected chi connectivity index (χ2v) is 21.9. The molecule has 0 aliphatic heterocycles. The minimum Gasteiger partial charge on any atom is -0.493 e. The Kier molecular flexibility index (Phi) is 10.7. The van der Waals surface area contributed by atoms with Crippen LogP contribution in [0.1, 0.15) is 24.5 Å². The van der Waals surface area contributed by atoms with Crippen molar-refractivity contribution < 1.29 is 32.3 Å². The van der Waals surface area contributed by atoms with Crippen molar-refractivity contribution in [2.24, 2.45) is 0 Å². The van der Waals surface area contributed by atoms with Crippen LogP contribution in [0.2, 0.25) is 44.8 Å². The monoisotopic (exact) mass is 500 g/mol. The fraction of sp³-hybridized carbons (Fsp3) is 0.591. The summed E-state index contributed by atoms with van der Waals surface area (Å²) in [6, 6.07) is 1.78. The van der Waals surface area contributed by atoms with Crippen LogP contribution in [0, 0.1) is 0 Å². The van der Waals surface area contributed by atoms with E-state index in [1.54, 1.807) is 33.5 Å². The number of carboxylic acids is 1. The molecule has 1 atom stereocenters. The SMILES string of the molecule is COc1cc(/C=C/C(=O)O)c(CCC(C)[SiH](O[Si](C)(C)C)O[Si](C)(C)C)c(OC)c1OC. The van der Waals surface area contributed by atoms with Gasteiger partial charge in [0.05, 0.1) is 21.3 Å². The van der Waals surface area contributed by atoms with Crippen LogP contribution in [-0.4, -0.2) is 58.3 Å². The lowest BCUT2D eigenvalue weighted by molar-refractivity contribution is -0.131. The molecular formula is C22H40O7Si3. The van der Waals surface area contributed by atoms with Gasteiger partial charge >= 0.3 is 15.3 Å². The molecular weight excluding hydrogens is 460 g/mol. The number of ether oxygens (including phenoxy) is 3. The van der Waals surface area contributed by atoms with Crippen molar-refractivity contribution in [3.8, 4) is 17.2 Å². The Balaban J connectivity index is 3.33. The van der Waals surface area contributed by atoms with E-state index in [9.17, 15) is 4.79 Å².